The molecular weight excluding hydrogens is 274 g/mol. The van der Waals surface area contributed by atoms with Crippen LogP contribution in [0.5, 0.6) is 0 Å². The number of esters is 1. The highest BCUT2D eigenvalue weighted by Gasteiger charge is 2.14. The molecule has 1 heterocycles. The second kappa shape index (κ2) is 6.08. The number of rotatable bonds is 5. The molecule has 1 aromatic carbocycles. The van der Waals surface area contributed by atoms with Crippen LogP contribution in [0.25, 0.3) is 0 Å². The predicted molar refractivity (Wildman–Crippen MR) is 77.3 cm³/mol. The lowest BCUT2D eigenvalue weighted by atomic mass is 10.2. The molecule has 0 aliphatic heterocycles. The van der Waals surface area contributed by atoms with Gasteiger partial charge in [0.1, 0.15) is 11.4 Å². The Kier molecular flexibility index (Phi) is 4.22. The predicted octanol–water partition coefficient (Wildman–Crippen LogP) is 2.63. The van der Waals surface area contributed by atoms with Crippen molar-refractivity contribution in [3.05, 3.63) is 57.4 Å². The molecule has 0 atom stereocenters. The van der Waals surface area contributed by atoms with Gasteiger partial charge in [0.25, 0.3) is 5.69 Å². The fourth-order valence-electron chi connectivity index (χ4n) is 1.91. The van der Waals surface area contributed by atoms with Crippen LogP contribution in [0.1, 0.15) is 21.7 Å². The van der Waals surface area contributed by atoms with Crippen molar-refractivity contribution in [1.82, 2.24) is 4.98 Å². The SMILES string of the molecule is COC(=O)c1ccc(CNc2ccc(C)cc2[N+](=O)[O-])[nH]1. The third kappa shape index (κ3) is 3.38. The molecule has 0 radical (unpaired) electrons. The van der Waals surface area contributed by atoms with Gasteiger partial charge in [-0.1, -0.05) is 6.07 Å². The smallest absolute Gasteiger partial charge is 0.354 e. The minimum Gasteiger partial charge on any atom is -0.464 e. The third-order valence-corrected chi connectivity index (χ3v) is 2.97. The van der Waals surface area contributed by atoms with E-state index in [-0.39, 0.29) is 5.69 Å². The molecular formula is C14H15N3O4. The Hall–Kier alpha value is -2.83. The maximum atomic E-state index is 11.3. The Bertz CT molecular complexity index is 679. The summed E-state index contributed by atoms with van der Waals surface area (Å²) < 4.78 is 4.60. The number of nitrogens with zero attached hydrogens (tertiary/aromatic N) is 1. The van der Waals surface area contributed by atoms with Gasteiger partial charge in [0.05, 0.1) is 18.6 Å². The van der Waals surface area contributed by atoms with Gasteiger partial charge in [0.2, 0.25) is 0 Å². The second-order valence-corrected chi connectivity index (χ2v) is 4.52. The second-order valence-electron chi connectivity index (χ2n) is 4.52. The van der Waals surface area contributed by atoms with Gasteiger partial charge < -0.3 is 15.0 Å². The summed E-state index contributed by atoms with van der Waals surface area (Å²) in [5, 5.41) is 14.0. The molecule has 0 saturated heterocycles. The molecule has 110 valence electrons. The maximum Gasteiger partial charge on any atom is 0.354 e. The van der Waals surface area contributed by atoms with Crippen LogP contribution in [-0.2, 0) is 11.3 Å². The van der Waals surface area contributed by atoms with Gasteiger partial charge in [-0.2, -0.15) is 0 Å². The molecule has 0 bridgehead atoms. The van der Waals surface area contributed by atoms with E-state index in [2.05, 4.69) is 15.0 Å². The van der Waals surface area contributed by atoms with Crippen molar-refractivity contribution in [2.75, 3.05) is 12.4 Å². The Morgan fingerprint density at radius 3 is 2.81 bits per heavy atom. The number of methoxy groups -OCH3 is 1. The van der Waals surface area contributed by atoms with Crippen LogP contribution in [-0.4, -0.2) is 23.0 Å². The Balaban J connectivity index is 2.11. The molecule has 7 heteroatoms. The molecule has 2 rings (SSSR count). The minimum atomic E-state index is -0.456. The number of nitro benzene ring substituents is 1. The van der Waals surface area contributed by atoms with Gasteiger partial charge in [0, 0.05) is 11.8 Å². The number of benzene rings is 1. The first-order chi connectivity index (χ1) is 10.0. The quantitative estimate of drug-likeness (QED) is 0.501. The van der Waals surface area contributed by atoms with Crippen molar-refractivity contribution in [2.45, 2.75) is 13.5 Å². The molecule has 7 nitrogen and oxygen atoms in total. The molecule has 0 spiro atoms. The highest BCUT2D eigenvalue weighted by molar-refractivity contribution is 5.87. The van der Waals surface area contributed by atoms with Crippen LogP contribution in [0, 0.1) is 17.0 Å². The topological polar surface area (TPSA) is 97.3 Å². The zero-order valence-corrected chi connectivity index (χ0v) is 11.7. The lowest BCUT2D eigenvalue weighted by molar-refractivity contribution is -0.384. The number of nitro groups is 1. The van der Waals surface area contributed by atoms with Gasteiger partial charge in [-0.25, -0.2) is 4.79 Å². The lowest BCUT2D eigenvalue weighted by Crippen LogP contribution is -2.05. The number of aryl methyl sites for hydroxylation is 1. The molecule has 21 heavy (non-hydrogen) atoms. The highest BCUT2D eigenvalue weighted by atomic mass is 16.6. The number of aromatic amines is 1. The van der Waals surface area contributed by atoms with Crippen molar-refractivity contribution < 1.29 is 14.5 Å². The molecule has 0 amide bonds. The minimum absolute atomic E-state index is 0.0229. The number of anilines is 1. The van der Waals surface area contributed by atoms with Crippen molar-refractivity contribution in [3.63, 3.8) is 0 Å². The van der Waals surface area contributed by atoms with Crippen molar-refractivity contribution in [3.8, 4) is 0 Å². The normalized spacial score (nSPS) is 10.2. The van der Waals surface area contributed by atoms with Crippen LogP contribution in [0.4, 0.5) is 11.4 Å². The molecule has 0 saturated carbocycles. The average molecular weight is 289 g/mol. The third-order valence-electron chi connectivity index (χ3n) is 2.97. The standard InChI is InChI=1S/C14H15N3O4/c1-9-3-5-11(13(7-9)17(19)20)15-8-10-4-6-12(16-10)14(18)21-2/h3-7,15-16H,8H2,1-2H3. The van der Waals surface area contributed by atoms with E-state index in [9.17, 15) is 14.9 Å². The van der Waals surface area contributed by atoms with Gasteiger partial charge in [0.15, 0.2) is 0 Å². The Labute approximate surface area is 121 Å². The summed E-state index contributed by atoms with van der Waals surface area (Å²) in [4.78, 5) is 24.8. The zero-order chi connectivity index (χ0) is 15.4. The first kappa shape index (κ1) is 14.6. The van der Waals surface area contributed by atoms with Gasteiger partial charge >= 0.3 is 5.97 Å². The summed E-state index contributed by atoms with van der Waals surface area (Å²) in [7, 11) is 1.30. The summed E-state index contributed by atoms with van der Waals surface area (Å²) in [6, 6.07) is 8.30. The number of hydrogen-bond acceptors (Lipinski definition) is 5. The molecule has 0 aliphatic rings. The monoisotopic (exact) mass is 289 g/mol. The fourth-order valence-corrected chi connectivity index (χ4v) is 1.91. The number of carbonyl (C=O) groups is 1. The summed E-state index contributed by atoms with van der Waals surface area (Å²) in [6.45, 7) is 2.13. The number of aromatic nitrogens is 1. The first-order valence-electron chi connectivity index (χ1n) is 6.26. The number of ether oxygens (including phenoxy) is 1. The van der Waals surface area contributed by atoms with Crippen molar-refractivity contribution in [1.29, 1.82) is 0 Å². The Morgan fingerprint density at radius 1 is 1.38 bits per heavy atom. The van der Waals surface area contributed by atoms with E-state index >= 15 is 0 Å². The summed E-state index contributed by atoms with van der Waals surface area (Å²) in [5.41, 5.74) is 2.34. The molecule has 2 aromatic rings. The number of H-pyrrole nitrogens is 1. The van der Waals surface area contributed by atoms with Crippen molar-refractivity contribution >= 4 is 17.3 Å². The van der Waals surface area contributed by atoms with E-state index in [0.29, 0.717) is 17.9 Å². The van der Waals surface area contributed by atoms with Crippen LogP contribution in [0.3, 0.4) is 0 Å². The van der Waals surface area contributed by atoms with Crippen LogP contribution in [0.2, 0.25) is 0 Å². The van der Waals surface area contributed by atoms with Gasteiger partial charge in [-0.05, 0) is 30.7 Å². The first-order valence-corrected chi connectivity index (χ1v) is 6.26. The molecule has 0 aliphatic carbocycles. The van der Waals surface area contributed by atoms with E-state index in [1.54, 1.807) is 31.2 Å². The van der Waals surface area contributed by atoms with Crippen LogP contribution >= 0.6 is 0 Å². The summed E-state index contributed by atoms with van der Waals surface area (Å²) >= 11 is 0. The van der Waals surface area contributed by atoms with Crippen LogP contribution in [0.15, 0.2) is 30.3 Å². The largest absolute Gasteiger partial charge is 0.464 e. The van der Waals surface area contributed by atoms with Gasteiger partial charge in [-0.3, -0.25) is 10.1 Å². The molecule has 0 unspecified atom stereocenters. The van der Waals surface area contributed by atoms with E-state index in [1.807, 2.05) is 0 Å². The van der Waals surface area contributed by atoms with Crippen molar-refractivity contribution in [2.24, 2.45) is 0 Å². The number of nitrogens with one attached hydrogen (secondary N) is 2. The van der Waals surface area contributed by atoms with E-state index < -0.39 is 10.9 Å². The van der Waals surface area contributed by atoms with E-state index in [4.69, 9.17) is 0 Å². The van der Waals surface area contributed by atoms with E-state index in [0.717, 1.165) is 11.3 Å². The Morgan fingerprint density at radius 2 is 2.14 bits per heavy atom. The van der Waals surface area contributed by atoms with E-state index in [1.165, 1.54) is 13.2 Å². The molecule has 1 aromatic heterocycles. The van der Waals surface area contributed by atoms with Crippen LogP contribution < -0.4 is 5.32 Å². The maximum absolute atomic E-state index is 11.3. The fraction of sp³-hybridized carbons (Fsp3) is 0.214. The average Bonchev–Trinajstić information content (AvgIpc) is 2.93. The number of hydrogen-bond donors (Lipinski definition) is 2. The summed E-state index contributed by atoms with van der Waals surface area (Å²) in [6.07, 6.45) is 0. The van der Waals surface area contributed by atoms with Gasteiger partial charge in [-0.15, -0.1) is 0 Å². The molecule has 0 fully saturated rings. The highest BCUT2D eigenvalue weighted by Crippen LogP contribution is 2.25. The number of carbonyl (C=O) groups excluding carboxylic acids is 1. The lowest BCUT2D eigenvalue weighted by Gasteiger charge is -2.06. The molecule has 2 N–H and O–H groups in total. The summed E-state index contributed by atoms with van der Waals surface area (Å²) in [5.74, 6) is -0.456. The zero-order valence-electron chi connectivity index (χ0n) is 11.7.